The van der Waals surface area contributed by atoms with Gasteiger partial charge in [-0.1, -0.05) is 6.92 Å². The Labute approximate surface area is 203 Å². The number of amides is 3. The van der Waals surface area contributed by atoms with Gasteiger partial charge in [-0.3, -0.25) is 19.8 Å². The zero-order valence-electron chi connectivity index (χ0n) is 19.9. The number of nitrogens with one attached hydrogen (secondary N) is 1. The van der Waals surface area contributed by atoms with Crippen molar-refractivity contribution < 1.29 is 19.1 Å². The fourth-order valence-corrected chi connectivity index (χ4v) is 4.52. The number of fused-ring (bicyclic) bond motifs is 1. The van der Waals surface area contributed by atoms with Crippen LogP contribution in [-0.4, -0.2) is 55.0 Å². The summed E-state index contributed by atoms with van der Waals surface area (Å²) in [6, 6.07) is 5.22. The summed E-state index contributed by atoms with van der Waals surface area (Å²) in [6.07, 6.45) is 5.57. The van der Waals surface area contributed by atoms with E-state index in [1.54, 1.807) is 18.1 Å². The smallest absolute Gasteiger partial charge is 0.328 e. The average molecular weight is 477 g/mol. The number of methoxy groups -OCH3 is 1. The molecule has 0 bridgehead atoms. The van der Waals surface area contributed by atoms with Gasteiger partial charge in [0.1, 0.15) is 23.4 Å². The quantitative estimate of drug-likeness (QED) is 0.480. The van der Waals surface area contributed by atoms with Gasteiger partial charge in [0, 0.05) is 38.9 Å². The molecule has 1 saturated heterocycles. The second-order valence-electron chi connectivity index (χ2n) is 8.79. The standard InChI is InChI=1S/C25H28N6O4/c1-16-7-9-30(24(16)33)21-11-18-5-3-8-31(23(18)28-20(21)15-32)25(34)29-22-12-17(6-4-10-35-2)19(13-26)14-27-22/h11-12,14-16H,3-10H2,1-2H3,(H,27,29,34). The van der Waals surface area contributed by atoms with Crippen molar-refractivity contribution in [2.24, 2.45) is 5.92 Å². The van der Waals surface area contributed by atoms with Crippen LogP contribution in [0, 0.1) is 17.2 Å². The van der Waals surface area contributed by atoms with Crippen LogP contribution >= 0.6 is 0 Å². The van der Waals surface area contributed by atoms with Gasteiger partial charge in [0.2, 0.25) is 5.91 Å². The van der Waals surface area contributed by atoms with Crippen molar-refractivity contribution in [3.63, 3.8) is 0 Å². The monoisotopic (exact) mass is 476 g/mol. The predicted octanol–water partition coefficient (Wildman–Crippen LogP) is 3.10. The number of ether oxygens (including phenoxy) is 1. The molecular weight excluding hydrogens is 448 g/mol. The minimum Gasteiger partial charge on any atom is -0.385 e. The first-order chi connectivity index (χ1) is 17.0. The number of hydrogen-bond donors (Lipinski definition) is 1. The Morgan fingerprint density at radius 2 is 2.20 bits per heavy atom. The fraction of sp³-hybridized carbons (Fsp3) is 0.440. The summed E-state index contributed by atoms with van der Waals surface area (Å²) < 4.78 is 5.09. The Balaban J connectivity index is 1.58. The molecule has 0 saturated carbocycles. The van der Waals surface area contributed by atoms with Gasteiger partial charge >= 0.3 is 6.03 Å². The summed E-state index contributed by atoms with van der Waals surface area (Å²) in [7, 11) is 1.62. The molecule has 3 amide bonds. The molecule has 0 aliphatic carbocycles. The van der Waals surface area contributed by atoms with Crippen molar-refractivity contribution in [3.05, 3.63) is 40.7 Å². The lowest BCUT2D eigenvalue weighted by Crippen LogP contribution is -2.40. The highest BCUT2D eigenvalue weighted by molar-refractivity contribution is 6.03. The van der Waals surface area contributed by atoms with Crippen LogP contribution in [0.5, 0.6) is 0 Å². The fourth-order valence-electron chi connectivity index (χ4n) is 4.52. The number of pyridine rings is 2. The number of aryl methyl sites for hydroxylation is 2. The Morgan fingerprint density at radius 1 is 1.37 bits per heavy atom. The Kier molecular flexibility index (Phi) is 7.36. The summed E-state index contributed by atoms with van der Waals surface area (Å²) >= 11 is 0. The molecule has 4 heterocycles. The molecule has 1 unspecified atom stereocenters. The summed E-state index contributed by atoms with van der Waals surface area (Å²) in [5, 5.41) is 12.2. The van der Waals surface area contributed by atoms with E-state index in [2.05, 4.69) is 21.4 Å². The highest BCUT2D eigenvalue weighted by Gasteiger charge is 2.33. The molecule has 10 nitrogen and oxygen atoms in total. The molecule has 1 N–H and O–H groups in total. The average Bonchev–Trinajstić information content (AvgIpc) is 3.20. The third-order valence-corrected chi connectivity index (χ3v) is 6.43. The number of nitrogens with zero attached hydrogens (tertiary/aromatic N) is 5. The first-order valence-corrected chi connectivity index (χ1v) is 11.7. The van der Waals surface area contributed by atoms with Gasteiger partial charge in [0.05, 0.1) is 11.3 Å². The number of urea groups is 1. The molecule has 2 aromatic rings. The largest absolute Gasteiger partial charge is 0.385 e. The van der Waals surface area contributed by atoms with Gasteiger partial charge < -0.3 is 9.64 Å². The number of carbonyl (C=O) groups is 3. The van der Waals surface area contributed by atoms with E-state index in [1.807, 2.05) is 13.0 Å². The van der Waals surface area contributed by atoms with Crippen LogP contribution in [0.15, 0.2) is 18.3 Å². The molecule has 182 valence electrons. The zero-order chi connectivity index (χ0) is 24.9. The minimum atomic E-state index is -0.422. The van der Waals surface area contributed by atoms with Crippen LogP contribution in [0.1, 0.15) is 53.4 Å². The van der Waals surface area contributed by atoms with E-state index < -0.39 is 6.03 Å². The number of rotatable bonds is 7. The molecule has 35 heavy (non-hydrogen) atoms. The van der Waals surface area contributed by atoms with Gasteiger partial charge in [-0.05, 0) is 55.4 Å². The van der Waals surface area contributed by atoms with E-state index in [1.165, 1.54) is 11.1 Å². The highest BCUT2D eigenvalue weighted by atomic mass is 16.5. The van der Waals surface area contributed by atoms with Crippen LogP contribution in [0.4, 0.5) is 22.1 Å². The molecule has 0 aromatic carbocycles. The first kappa shape index (κ1) is 24.3. The van der Waals surface area contributed by atoms with E-state index >= 15 is 0 Å². The Morgan fingerprint density at radius 3 is 2.89 bits per heavy atom. The molecule has 0 spiro atoms. The van der Waals surface area contributed by atoms with E-state index in [0.29, 0.717) is 61.7 Å². The molecule has 2 aliphatic rings. The maximum atomic E-state index is 13.2. The number of aldehydes is 1. The Bertz CT molecular complexity index is 1190. The lowest BCUT2D eigenvalue weighted by atomic mass is 10.0. The van der Waals surface area contributed by atoms with Crippen LogP contribution in [0.2, 0.25) is 0 Å². The van der Waals surface area contributed by atoms with Crippen molar-refractivity contribution in [3.8, 4) is 6.07 Å². The van der Waals surface area contributed by atoms with Crippen molar-refractivity contribution >= 4 is 35.5 Å². The third kappa shape index (κ3) is 5.00. The van der Waals surface area contributed by atoms with Crippen LogP contribution < -0.4 is 15.1 Å². The van der Waals surface area contributed by atoms with Gasteiger partial charge in [-0.15, -0.1) is 0 Å². The Hall–Kier alpha value is -3.84. The van der Waals surface area contributed by atoms with Gasteiger partial charge in [0.15, 0.2) is 6.29 Å². The topological polar surface area (TPSA) is 129 Å². The first-order valence-electron chi connectivity index (χ1n) is 11.7. The number of aromatic nitrogens is 2. The lowest BCUT2D eigenvalue weighted by molar-refractivity contribution is -0.119. The molecule has 2 aromatic heterocycles. The molecule has 0 radical (unpaired) electrons. The summed E-state index contributed by atoms with van der Waals surface area (Å²) in [4.78, 5) is 49.4. The number of anilines is 3. The maximum absolute atomic E-state index is 13.2. The van der Waals surface area contributed by atoms with Gasteiger partial charge in [-0.25, -0.2) is 14.8 Å². The number of carbonyl (C=O) groups excluding carboxylic acids is 3. The SMILES string of the molecule is COCCCc1cc(NC(=O)N2CCCc3cc(N4CCC(C)C4=O)c(C=O)nc32)ncc1C#N. The van der Waals surface area contributed by atoms with E-state index in [-0.39, 0.29) is 17.5 Å². The van der Waals surface area contributed by atoms with Crippen molar-refractivity contribution in [1.82, 2.24) is 9.97 Å². The summed E-state index contributed by atoms with van der Waals surface area (Å²) in [6.45, 7) is 3.41. The van der Waals surface area contributed by atoms with Crippen LogP contribution in [0.25, 0.3) is 0 Å². The highest BCUT2D eigenvalue weighted by Crippen LogP contribution is 2.34. The van der Waals surface area contributed by atoms with E-state index in [9.17, 15) is 19.6 Å². The molecule has 1 fully saturated rings. The molecule has 1 atom stereocenters. The summed E-state index contributed by atoms with van der Waals surface area (Å²) in [5.74, 6) is 0.631. The number of nitriles is 1. The molecular formula is C25H28N6O4. The second kappa shape index (κ2) is 10.6. The van der Waals surface area contributed by atoms with Crippen LogP contribution in [0.3, 0.4) is 0 Å². The van der Waals surface area contributed by atoms with Gasteiger partial charge in [0.25, 0.3) is 0 Å². The normalized spacial score (nSPS) is 17.2. The molecule has 10 heteroatoms. The molecule has 4 rings (SSSR count). The van der Waals surface area contributed by atoms with Gasteiger partial charge in [-0.2, -0.15) is 5.26 Å². The van der Waals surface area contributed by atoms with E-state index in [4.69, 9.17) is 4.74 Å². The van der Waals surface area contributed by atoms with Crippen molar-refractivity contribution in [1.29, 1.82) is 5.26 Å². The van der Waals surface area contributed by atoms with Crippen molar-refractivity contribution in [2.75, 3.05) is 41.9 Å². The minimum absolute atomic E-state index is 0.0200. The zero-order valence-corrected chi connectivity index (χ0v) is 19.9. The third-order valence-electron chi connectivity index (χ3n) is 6.43. The van der Waals surface area contributed by atoms with Crippen molar-refractivity contribution in [2.45, 2.75) is 39.0 Å². The van der Waals surface area contributed by atoms with E-state index in [0.717, 1.165) is 30.4 Å². The predicted molar refractivity (Wildman–Crippen MR) is 130 cm³/mol. The summed E-state index contributed by atoms with van der Waals surface area (Å²) in [5.41, 5.74) is 2.70. The molecule has 2 aliphatic heterocycles. The lowest BCUT2D eigenvalue weighted by Gasteiger charge is -2.30. The number of hydrogen-bond acceptors (Lipinski definition) is 7. The van der Waals surface area contributed by atoms with Crippen LogP contribution in [-0.2, 0) is 22.4 Å². The second-order valence-corrected chi connectivity index (χ2v) is 8.79. The maximum Gasteiger partial charge on any atom is 0.328 e.